The van der Waals surface area contributed by atoms with E-state index in [-0.39, 0.29) is 24.7 Å². The van der Waals surface area contributed by atoms with Crippen LogP contribution in [0.25, 0.3) is 0 Å². The molecular weight excluding hydrogens is 294 g/mol. The molecule has 0 spiro atoms. The van der Waals surface area contributed by atoms with Crippen molar-refractivity contribution in [3.63, 3.8) is 0 Å². The molecule has 128 valence electrons. The number of carbonyl (C=O) groups is 1. The number of ether oxygens (including phenoxy) is 2. The minimum Gasteiger partial charge on any atom is -0.394 e. The molecule has 1 aromatic rings. The molecular formula is C18H27NO4. The van der Waals surface area contributed by atoms with Gasteiger partial charge in [-0.3, -0.25) is 4.79 Å². The summed E-state index contributed by atoms with van der Waals surface area (Å²) in [5.74, 6) is 0.137. The summed E-state index contributed by atoms with van der Waals surface area (Å²) >= 11 is 0. The SMILES string of the molecule is COCCCCCC(=O)N1CCO[C@H](CO)[C@H]1c1ccccc1. The van der Waals surface area contributed by atoms with Gasteiger partial charge in [-0.1, -0.05) is 36.8 Å². The summed E-state index contributed by atoms with van der Waals surface area (Å²) < 4.78 is 10.7. The third-order valence-electron chi connectivity index (χ3n) is 4.23. The Morgan fingerprint density at radius 1 is 1.30 bits per heavy atom. The standard InChI is InChI=1S/C18H27NO4/c1-22-12-7-3-6-10-17(21)19-11-13-23-16(14-20)18(19)15-8-4-2-5-9-15/h2,4-5,8-9,16,18,20H,3,6-7,10-14H2,1H3/t16-,18-/m1/s1. The summed E-state index contributed by atoms with van der Waals surface area (Å²) in [5.41, 5.74) is 1.01. The zero-order valence-electron chi connectivity index (χ0n) is 13.8. The summed E-state index contributed by atoms with van der Waals surface area (Å²) in [7, 11) is 1.69. The number of nitrogens with zero attached hydrogens (tertiary/aromatic N) is 1. The molecule has 1 aliphatic rings. The monoisotopic (exact) mass is 321 g/mol. The first-order valence-corrected chi connectivity index (χ1v) is 8.33. The highest BCUT2D eigenvalue weighted by molar-refractivity contribution is 5.77. The Balaban J connectivity index is 2.00. The average molecular weight is 321 g/mol. The lowest BCUT2D eigenvalue weighted by Crippen LogP contribution is -2.49. The number of unbranched alkanes of at least 4 members (excludes halogenated alkanes) is 2. The van der Waals surface area contributed by atoms with Crippen molar-refractivity contribution >= 4 is 5.91 Å². The van der Waals surface area contributed by atoms with Crippen molar-refractivity contribution in [1.82, 2.24) is 4.90 Å². The van der Waals surface area contributed by atoms with Crippen LogP contribution in [-0.2, 0) is 14.3 Å². The predicted molar refractivity (Wildman–Crippen MR) is 88.1 cm³/mol. The Bertz CT molecular complexity index is 465. The van der Waals surface area contributed by atoms with E-state index in [1.165, 1.54) is 0 Å². The number of carbonyl (C=O) groups excluding carboxylic acids is 1. The Kier molecular flexibility index (Phi) is 7.52. The fourth-order valence-electron chi connectivity index (χ4n) is 3.05. The number of rotatable bonds is 8. The first kappa shape index (κ1) is 17.9. The van der Waals surface area contributed by atoms with E-state index in [1.807, 2.05) is 35.2 Å². The van der Waals surface area contributed by atoms with Crippen LogP contribution in [0.2, 0.25) is 0 Å². The number of methoxy groups -OCH3 is 1. The topological polar surface area (TPSA) is 59.0 Å². The van der Waals surface area contributed by atoms with Crippen LogP contribution in [0, 0.1) is 0 Å². The van der Waals surface area contributed by atoms with Gasteiger partial charge >= 0.3 is 0 Å². The van der Waals surface area contributed by atoms with Gasteiger partial charge < -0.3 is 19.5 Å². The van der Waals surface area contributed by atoms with Crippen LogP contribution in [0.4, 0.5) is 0 Å². The van der Waals surface area contributed by atoms with E-state index in [9.17, 15) is 9.90 Å². The molecule has 5 heteroatoms. The highest BCUT2D eigenvalue weighted by atomic mass is 16.5. The van der Waals surface area contributed by atoms with Gasteiger partial charge in [-0.05, 0) is 18.4 Å². The van der Waals surface area contributed by atoms with Gasteiger partial charge in [0.25, 0.3) is 0 Å². The fourth-order valence-corrected chi connectivity index (χ4v) is 3.05. The van der Waals surface area contributed by atoms with E-state index in [1.54, 1.807) is 7.11 Å². The minimum absolute atomic E-state index is 0.0861. The molecule has 23 heavy (non-hydrogen) atoms. The van der Waals surface area contributed by atoms with E-state index in [0.29, 0.717) is 19.6 Å². The maximum absolute atomic E-state index is 12.6. The van der Waals surface area contributed by atoms with E-state index < -0.39 is 0 Å². The summed E-state index contributed by atoms with van der Waals surface area (Å²) in [6.45, 7) is 1.71. The van der Waals surface area contributed by atoms with Crippen molar-refractivity contribution in [3.05, 3.63) is 35.9 Å². The van der Waals surface area contributed by atoms with Gasteiger partial charge in [-0.15, -0.1) is 0 Å². The number of hydrogen-bond acceptors (Lipinski definition) is 4. The Labute approximate surface area is 138 Å². The van der Waals surface area contributed by atoms with E-state index in [2.05, 4.69) is 0 Å². The molecule has 0 unspecified atom stereocenters. The van der Waals surface area contributed by atoms with Crippen LogP contribution in [0.15, 0.2) is 30.3 Å². The van der Waals surface area contributed by atoms with Gasteiger partial charge in [0.05, 0.1) is 19.3 Å². The second kappa shape index (κ2) is 9.65. The normalized spacial score (nSPS) is 21.4. The third-order valence-corrected chi connectivity index (χ3v) is 4.23. The van der Waals surface area contributed by atoms with Crippen LogP contribution >= 0.6 is 0 Å². The second-order valence-electron chi connectivity index (χ2n) is 5.84. The molecule has 0 saturated carbocycles. The van der Waals surface area contributed by atoms with Crippen LogP contribution < -0.4 is 0 Å². The fraction of sp³-hybridized carbons (Fsp3) is 0.611. The molecule has 0 aromatic heterocycles. The Morgan fingerprint density at radius 2 is 2.09 bits per heavy atom. The lowest BCUT2D eigenvalue weighted by atomic mass is 9.97. The van der Waals surface area contributed by atoms with Crippen molar-refractivity contribution in [2.24, 2.45) is 0 Å². The molecule has 1 amide bonds. The number of benzene rings is 1. The van der Waals surface area contributed by atoms with Crippen molar-refractivity contribution in [2.75, 3.05) is 33.5 Å². The van der Waals surface area contributed by atoms with Crippen molar-refractivity contribution in [1.29, 1.82) is 0 Å². The zero-order valence-corrected chi connectivity index (χ0v) is 13.8. The largest absolute Gasteiger partial charge is 0.394 e. The molecule has 0 radical (unpaired) electrons. The smallest absolute Gasteiger partial charge is 0.223 e. The Hall–Kier alpha value is -1.43. The van der Waals surface area contributed by atoms with Gasteiger partial charge in [0.2, 0.25) is 5.91 Å². The lowest BCUT2D eigenvalue weighted by Gasteiger charge is -2.41. The van der Waals surface area contributed by atoms with Crippen LogP contribution in [0.5, 0.6) is 0 Å². The summed E-state index contributed by atoms with van der Waals surface area (Å²) in [4.78, 5) is 14.5. The minimum atomic E-state index is -0.358. The van der Waals surface area contributed by atoms with Gasteiger partial charge in [0.15, 0.2) is 0 Å². The highest BCUT2D eigenvalue weighted by Gasteiger charge is 2.35. The lowest BCUT2D eigenvalue weighted by molar-refractivity contribution is -0.150. The molecule has 1 saturated heterocycles. The van der Waals surface area contributed by atoms with Gasteiger partial charge in [-0.25, -0.2) is 0 Å². The molecule has 1 N–H and O–H groups in total. The maximum atomic E-state index is 12.6. The van der Waals surface area contributed by atoms with E-state index >= 15 is 0 Å². The number of morpholine rings is 1. The highest BCUT2D eigenvalue weighted by Crippen LogP contribution is 2.30. The van der Waals surface area contributed by atoms with E-state index in [4.69, 9.17) is 9.47 Å². The Morgan fingerprint density at radius 3 is 2.78 bits per heavy atom. The quantitative estimate of drug-likeness (QED) is 0.746. The molecule has 2 atom stereocenters. The van der Waals surface area contributed by atoms with Crippen LogP contribution in [0.3, 0.4) is 0 Å². The third kappa shape index (κ3) is 5.03. The number of amides is 1. The predicted octanol–water partition coefficient (Wildman–Crippen LogP) is 2.15. The van der Waals surface area contributed by atoms with Crippen molar-refractivity contribution in [2.45, 2.75) is 37.8 Å². The average Bonchev–Trinajstić information content (AvgIpc) is 2.61. The molecule has 2 rings (SSSR count). The summed E-state index contributed by atoms with van der Waals surface area (Å²) in [6.07, 6.45) is 3.01. The zero-order chi connectivity index (χ0) is 16.5. The number of aliphatic hydroxyl groups excluding tert-OH is 1. The van der Waals surface area contributed by atoms with E-state index in [0.717, 1.165) is 31.4 Å². The van der Waals surface area contributed by atoms with Crippen molar-refractivity contribution < 1.29 is 19.4 Å². The first-order valence-electron chi connectivity index (χ1n) is 8.33. The molecule has 1 heterocycles. The molecule has 0 aliphatic carbocycles. The van der Waals surface area contributed by atoms with Gasteiger partial charge in [0, 0.05) is 26.7 Å². The molecule has 1 aliphatic heterocycles. The maximum Gasteiger partial charge on any atom is 0.223 e. The van der Waals surface area contributed by atoms with Crippen LogP contribution in [-0.4, -0.2) is 55.5 Å². The second-order valence-corrected chi connectivity index (χ2v) is 5.84. The molecule has 1 aromatic carbocycles. The molecule has 1 fully saturated rings. The number of aliphatic hydroxyl groups is 1. The van der Waals surface area contributed by atoms with Gasteiger partial charge in [-0.2, -0.15) is 0 Å². The number of hydrogen-bond donors (Lipinski definition) is 1. The summed E-state index contributed by atoms with van der Waals surface area (Å²) in [5, 5.41) is 9.62. The first-order chi connectivity index (χ1) is 11.3. The molecule has 5 nitrogen and oxygen atoms in total. The van der Waals surface area contributed by atoms with Gasteiger partial charge in [0.1, 0.15) is 6.10 Å². The summed E-state index contributed by atoms with van der Waals surface area (Å²) in [6, 6.07) is 9.61. The van der Waals surface area contributed by atoms with Crippen molar-refractivity contribution in [3.8, 4) is 0 Å². The van der Waals surface area contributed by atoms with Crippen LogP contribution in [0.1, 0.15) is 37.3 Å². The molecule has 0 bridgehead atoms.